The molecule has 0 amide bonds. The quantitative estimate of drug-likeness (QED) is 0.434. The van der Waals surface area contributed by atoms with Crippen LogP contribution in [-0.2, 0) is 9.47 Å². The number of hydrazine groups is 1. The first-order valence-electron chi connectivity index (χ1n) is 5.67. The standard InChI is InChI=1S/C12H19FN2O2/c1-3-16-12(17-4-2)11(15-14)9-6-5-7-10(13)8-9/h5-8,11-12,15H,3-4,14H2,1-2H3. The van der Waals surface area contributed by atoms with E-state index < -0.39 is 12.3 Å². The number of ether oxygens (including phenoxy) is 2. The Labute approximate surface area is 101 Å². The summed E-state index contributed by atoms with van der Waals surface area (Å²) < 4.78 is 24.0. The van der Waals surface area contributed by atoms with Crippen LogP contribution in [0.1, 0.15) is 25.5 Å². The van der Waals surface area contributed by atoms with E-state index in [9.17, 15) is 4.39 Å². The number of halogens is 1. The van der Waals surface area contributed by atoms with Crippen LogP contribution in [0, 0.1) is 5.82 Å². The minimum Gasteiger partial charge on any atom is -0.351 e. The van der Waals surface area contributed by atoms with Crippen LogP contribution in [0.3, 0.4) is 0 Å². The Morgan fingerprint density at radius 1 is 1.29 bits per heavy atom. The van der Waals surface area contributed by atoms with Crippen molar-refractivity contribution >= 4 is 0 Å². The van der Waals surface area contributed by atoms with Crippen molar-refractivity contribution in [2.75, 3.05) is 13.2 Å². The van der Waals surface area contributed by atoms with Crippen molar-refractivity contribution in [2.45, 2.75) is 26.2 Å². The number of benzene rings is 1. The van der Waals surface area contributed by atoms with E-state index in [4.69, 9.17) is 15.3 Å². The molecule has 0 aliphatic heterocycles. The average Bonchev–Trinajstić information content (AvgIpc) is 2.31. The largest absolute Gasteiger partial charge is 0.351 e. The Morgan fingerprint density at radius 2 is 1.94 bits per heavy atom. The highest BCUT2D eigenvalue weighted by Gasteiger charge is 2.23. The highest BCUT2D eigenvalue weighted by molar-refractivity contribution is 5.20. The molecule has 3 N–H and O–H groups in total. The van der Waals surface area contributed by atoms with Gasteiger partial charge >= 0.3 is 0 Å². The second-order valence-corrected chi connectivity index (χ2v) is 3.48. The van der Waals surface area contributed by atoms with Gasteiger partial charge in [0.1, 0.15) is 5.82 Å². The number of hydrogen-bond donors (Lipinski definition) is 2. The molecule has 0 heterocycles. The molecule has 5 heteroatoms. The molecule has 4 nitrogen and oxygen atoms in total. The smallest absolute Gasteiger partial charge is 0.178 e. The van der Waals surface area contributed by atoms with Crippen LogP contribution >= 0.6 is 0 Å². The molecule has 0 saturated heterocycles. The first-order valence-corrected chi connectivity index (χ1v) is 5.67. The van der Waals surface area contributed by atoms with Gasteiger partial charge in [0.15, 0.2) is 6.29 Å². The molecule has 1 aromatic carbocycles. The number of hydrogen-bond acceptors (Lipinski definition) is 4. The molecular weight excluding hydrogens is 223 g/mol. The van der Waals surface area contributed by atoms with E-state index in [0.29, 0.717) is 18.8 Å². The van der Waals surface area contributed by atoms with Crippen molar-refractivity contribution in [3.8, 4) is 0 Å². The van der Waals surface area contributed by atoms with E-state index in [1.807, 2.05) is 13.8 Å². The minimum absolute atomic E-state index is 0.311. The summed E-state index contributed by atoms with van der Waals surface area (Å²) in [5.41, 5.74) is 3.29. The summed E-state index contributed by atoms with van der Waals surface area (Å²) in [6, 6.07) is 5.80. The monoisotopic (exact) mass is 242 g/mol. The fraction of sp³-hybridized carbons (Fsp3) is 0.500. The Bertz CT molecular complexity index is 330. The maximum atomic E-state index is 13.1. The summed E-state index contributed by atoms with van der Waals surface area (Å²) in [4.78, 5) is 0. The lowest BCUT2D eigenvalue weighted by Crippen LogP contribution is -2.39. The van der Waals surface area contributed by atoms with Crippen molar-refractivity contribution < 1.29 is 13.9 Å². The zero-order valence-corrected chi connectivity index (χ0v) is 10.2. The zero-order chi connectivity index (χ0) is 12.7. The van der Waals surface area contributed by atoms with E-state index in [1.54, 1.807) is 12.1 Å². The van der Waals surface area contributed by atoms with Gasteiger partial charge in [-0.2, -0.15) is 0 Å². The van der Waals surface area contributed by atoms with Crippen LogP contribution < -0.4 is 11.3 Å². The van der Waals surface area contributed by atoms with Gasteiger partial charge in [0.2, 0.25) is 0 Å². The summed E-state index contributed by atoms with van der Waals surface area (Å²) >= 11 is 0. The third-order valence-corrected chi connectivity index (χ3v) is 2.32. The summed E-state index contributed by atoms with van der Waals surface area (Å²) in [6.07, 6.45) is -0.531. The van der Waals surface area contributed by atoms with Crippen LogP contribution in [0.2, 0.25) is 0 Å². The van der Waals surface area contributed by atoms with Crippen LogP contribution in [0.4, 0.5) is 4.39 Å². The molecule has 1 aromatic rings. The van der Waals surface area contributed by atoms with Gasteiger partial charge < -0.3 is 9.47 Å². The van der Waals surface area contributed by atoms with Gasteiger partial charge in [-0.1, -0.05) is 12.1 Å². The molecule has 0 fully saturated rings. The number of rotatable bonds is 7. The molecule has 0 saturated carbocycles. The molecule has 1 atom stereocenters. The van der Waals surface area contributed by atoms with Crippen molar-refractivity contribution in [1.82, 2.24) is 5.43 Å². The van der Waals surface area contributed by atoms with E-state index in [1.165, 1.54) is 12.1 Å². The topological polar surface area (TPSA) is 56.5 Å². The SMILES string of the molecule is CCOC(OCC)C(NN)c1cccc(F)c1. The highest BCUT2D eigenvalue weighted by Crippen LogP contribution is 2.20. The first kappa shape index (κ1) is 14.1. The number of nitrogens with one attached hydrogen (secondary N) is 1. The van der Waals surface area contributed by atoms with E-state index in [-0.39, 0.29) is 5.82 Å². The Hall–Kier alpha value is -1.01. The molecule has 1 unspecified atom stereocenters. The molecule has 0 aliphatic rings. The van der Waals surface area contributed by atoms with Gasteiger partial charge in [-0.15, -0.1) is 0 Å². The minimum atomic E-state index is -0.531. The van der Waals surface area contributed by atoms with Crippen LogP contribution in [0.25, 0.3) is 0 Å². The van der Waals surface area contributed by atoms with Crippen molar-refractivity contribution in [3.63, 3.8) is 0 Å². The molecule has 0 radical (unpaired) electrons. The molecule has 0 bridgehead atoms. The van der Waals surface area contributed by atoms with Crippen LogP contribution in [0.15, 0.2) is 24.3 Å². The third-order valence-electron chi connectivity index (χ3n) is 2.32. The normalized spacial score (nSPS) is 13.0. The molecular formula is C12H19FN2O2. The maximum absolute atomic E-state index is 13.1. The second kappa shape index (κ2) is 7.34. The maximum Gasteiger partial charge on any atom is 0.178 e. The van der Waals surface area contributed by atoms with Crippen molar-refractivity contribution in [2.24, 2.45) is 5.84 Å². The highest BCUT2D eigenvalue weighted by atomic mass is 19.1. The zero-order valence-electron chi connectivity index (χ0n) is 10.2. The van der Waals surface area contributed by atoms with Gasteiger partial charge in [-0.25, -0.2) is 9.82 Å². The van der Waals surface area contributed by atoms with Crippen molar-refractivity contribution in [1.29, 1.82) is 0 Å². The first-order chi connectivity index (χ1) is 8.22. The summed E-state index contributed by atoms with van der Waals surface area (Å²) in [7, 11) is 0. The number of nitrogens with two attached hydrogens (primary N) is 1. The Kier molecular flexibility index (Phi) is 6.07. The Balaban J connectivity index is 2.87. The molecule has 96 valence electrons. The molecule has 0 aromatic heterocycles. The molecule has 1 rings (SSSR count). The van der Waals surface area contributed by atoms with Gasteiger partial charge in [0, 0.05) is 13.2 Å². The van der Waals surface area contributed by atoms with Crippen LogP contribution in [-0.4, -0.2) is 19.5 Å². The van der Waals surface area contributed by atoms with Crippen molar-refractivity contribution in [3.05, 3.63) is 35.6 Å². The van der Waals surface area contributed by atoms with Gasteiger partial charge in [-0.3, -0.25) is 5.84 Å². The van der Waals surface area contributed by atoms with E-state index in [0.717, 1.165) is 0 Å². The van der Waals surface area contributed by atoms with Gasteiger partial charge in [0.25, 0.3) is 0 Å². The second-order valence-electron chi connectivity index (χ2n) is 3.48. The van der Waals surface area contributed by atoms with Gasteiger partial charge in [-0.05, 0) is 31.5 Å². The third kappa shape index (κ3) is 4.05. The fourth-order valence-electron chi connectivity index (χ4n) is 1.60. The van der Waals surface area contributed by atoms with Crippen LogP contribution in [0.5, 0.6) is 0 Å². The summed E-state index contributed by atoms with van der Waals surface area (Å²) in [6.45, 7) is 4.73. The average molecular weight is 242 g/mol. The molecule has 0 aliphatic carbocycles. The van der Waals surface area contributed by atoms with E-state index in [2.05, 4.69) is 5.43 Å². The molecule has 17 heavy (non-hydrogen) atoms. The van der Waals surface area contributed by atoms with Gasteiger partial charge in [0.05, 0.1) is 6.04 Å². The fourth-order valence-corrected chi connectivity index (χ4v) is 1.60. The molecule has 0 spiro atoms. The Morgan fingerprint density at radius 3 is 2.41 bits per heavy atom. The van der Waals surface area contributed by atoms with E-state index >= 15 is 0 Å². The summed E-state index contributed by atoms with van der Waals surface area (Å²) in [5, 5.41) is 0. The lowest BCUT2D eigenvalue weighted by atomic mass is 10.1. The lowest BCUT2D eigenvalue weighted by Gasteiger charge is -2.26. The predicted octanol–water partition coefficient (Wildman–Crippen LogP) is 1.73. The lowest BCUT2D eigenvalue weighted by molar-refractivity contribution is -0.155. The predicted molar refractivity (Wildman–Crippen MR) is 63.5 cm³/mol. The summed E-state index contributed by atoms with van der Waals surface area (Å²) in [5.74, 6) is 5.17.